The fraction of sp³-hybridized carbons (Fsp3) is 0.583. The lowest BCUT2D eigenvalue weighted by Gasteiger charge is -2.32. The number of anilines is 1. The van der Waals surface area contributed by atoms with Crippen molar-refractivity contribution in [2.24, 2.45) is 5.92 Å². The first kappa shape index (κ1) is 12.6. The molecule has 1 aromatic heterocycles. The highest BCUT2D eigenvalue weighted by Gasteiger charge is 2.22. The topological polar surface area (TPSA) is 86.3 Å². The van der Waals surface area contributed by atoms with Gasteiger partial charge in [-0.05, 0) is 25.7 Å². The molecule has 1 fully saturated rings. The maximum Gasteiger partial charge on any atom is 0.303 e. The van der Waals surface area contributed by atoms with Crippen LogP contribution in [0.25, 0.3) is 0 Å². The maximum atomic E-state index is 11.4. The molecule has 6 heteroatoms. The van der Waals surface area contributed by atoms with Crippen LogP contribution in [0.2, 0.25) is 0 Å². The Morgan fingerprint density at radius 2 is 2.22 bits per heavy atom. The van der Waals surface area contributed by atoms with E-state index in [-0.39, 0.29) is 17.9 Å². The number of hydrogen-bond donors (Lipinski definition) is 2. The summed E-state index contributed by atoms with van der Waals surface area (Å²) in [5.74, 6) is 0.788. The Kier molecular flexibility index (Phi) is 3.64. The van der Waals surface area contributed by atoms with Crippen LogP contribution in [0.5, 0.6) is 0 Å². The van der Waals surface area contributed by atoms with Gasteiger partial charge >= 0.3 is 5.97 Å². The first-order valence-corrected chi connectivity index (χ1v) is 6.09. The predicted molar refractivity (Wildman–Crippen MR) is 66.8 cm³/mol. The Balaban J connectivity index is 2.01. The molecule has 18 heavy (non-hydrogen) atoms. The van der Waals surface area contributed by atoms with E-state index in [2.05, 4.69) is 9.97 Å². The van der Waals surface area contributed by atoms with Crippen LogP contribution >= 0.6 is 0 Å². The van der Waals surface area contributed by atoms with Gasteiger partial charge in [0.15, 0.2) is 0 Å². The van der Waals surface area contributed by atoms with Crippen LogP contribution in [0, 0.1) is 12.8 Å². The molecule has 0 aliphatic carbocycles. The molecule has 0 aromatic carbocycles. The molecular formula is C12H17N3O3. The summed E-state index contributed by atoms with van der Waals surface area (Å²) in [6.07, 6.45) is 1.90. The molecule has 1 saturated heterocycles. The van der Waals surface area contributed by atoms with E-state index in [9.17, 15) is 9.59 Å². The Morgan fingerprint density at radius 3 is 2.78 bits per heavy atom. The third kappa shape index (κ3) is 3.09. The lowest BCUT2D eigenvalue weighted by atomic mass is 9.94. The second-order valence-electron chi connectivity index (χ2n) is 4.72. The molecule has 6 nitrogen and oxygen atoms in total. The summed E-state index contributed by atoms with van der Waals surface area (Å²) < 4.78 is 0. The minimum absolute atomic E-state index is 0.148. The largest absolute Gasteiger partial charge is 0.481 e. The van der Waals surface area contributed by atoms with Crippen LogP contribution in [0.1, 0.15) is 25.1 Å². The van der Waals surface area contributed by atoms with E-state index < -0.39 is 5.97 Å². The summed E-state index contributed by atoms with van der Waals surface area (Å²) >= 11 is 0. The van der Waals surface area contributed by atoms with Crippen LogP contribution in [-0.4, -0.2) is 34.1 Å². The molecule has 0 atom stereocenters. The summed E-state index contributed by atoms with van der Waals surface area (Å²) in [7, 11) is 0. The van der Waals surface area contributed by atoms with E-state index in [1.54, 1.807) is 6.92 Å². The van der Waals surface area contributed by atoms with E-state index in [4.69, 9.17) is 5.11 Å². The first-order valence-electron chi connectivity index (χ1n) is 6.09. The minimum Gasteiger partial charge on any atom is -0.481 e. The highest BCUT2D eigenvalue weighted by atomic mass is 16.4. The van der Waals surface area contributed by atoms with Crippen LogP contribution in [0.15, 0.2) is 10.9 Å². The summed E-state index contributed by atoms with van der Waals surface area (Å²) in [4.78, 5) is 31.0. The molecule has 0 spiro atoms. The molecule has 2 heterocycles. The fourth-order valence-electron chi connectivity index (χ4n) is 2.34. The van der Waals surface area contributed by atoms with E-state index in [1.807, 2.05) is 4.90 Å². The maximum absolute atomic E-state index is 11.4. The Morgan fingerprint density at radius 1 is 1.56 bits per heavy atom. The van der Waals surface area contributed by atoms with E-state index >= 15 is 0 Å². The molecule has 2 rings (SSSR count). The molecule has 0 bridgehead atoms. The van der Waals surface area contributed by atoms with Crippen molar-refractivity contribution in [1.29, 1.82) is 0 Å². The highest BCUT2D eigenvalue weighted by molar-refractivity contribution is 5.67. The quantitative estimate of drug-likeness (QED) is 0.828. The van der Waals surface area contributed by atoms with Crippen LogP contribution in [-0.2, 0) is 4.79 Å². The third-order valence-electron chi connectivity index (χ3n) is 3.25. The molecule has 1 aliphatic rings. The van der Waals surface area contributed by atoms with Crippen LogP contribution < -0.4 is 10.5 Å². The lowest BCUT2D eigenvalue weighted by Crippen LogP contribution is -2.35. The lowest BCUT2D eigenvalue weighted by molar-refractivity contribution is -0.138. The van der Waals surface area contributed by atoms with Crippen LogP contribution in [0.3, 0.4) is 0 Å². The Bertz CT molecular complexity index is 490. The first-order chi connectivity index (χ1) is 8.54. The van der Waals surface area contributed by atoms with Crippen molar-refractivity contribution in [3.05, 3.63) is 22.2 Å². The van der Waals surface area contributed by atoms with Crippen molar-refractivity contribution >= 4 is 11.8 Å². The summed E-state index contributed by atoms with van der Waals surface area (Å²) in [5, 5.41) is 8.75. The monoisotopic (exact) mass is 251 g/mol. The summed E-state index contributed by atoms with van der Waals surface area (Å²) in [5.41, 5.74) is -0.148. The molecule has 0 radical (unpaired) electrons. The van der Waals surface area contributed by atoms with Crippen molar-refractivity contribution in [3.8, 4) is 0 Å². The number of H-pyrrole nitrogens is 1. The zero-order valence-electron chi connectivity index (χ0n) is 10.3. The molecule has 98 valence electrons. The number of aryl methyl sites for hydroxylation is 1. The second kappa shape index (κ2) is 5.20. The SMILES string of the molecule is Cc1nc(N2CCC(CC(=O)O)CC2)cc(=O)[nH]1. The highest BCUT2D eigenvalue weighted by Crippen LogP contribution is 2.23. The van der Waals surface area contributed by atoms with Gasteiger partial charge in [-0.2, -0.15) is 0 Å². The zero-order chi connectivity index (χ0) is 13.1. The smallest absolute Gasteiger partial charge is 0.303 e. The van der Waals surface area contributed by atoms with Gasteiger partial charge < -0.3 is 15.0 Å². The molecule has 0 amide bonds. The number of rotatable bonds is 3. The van der Waals surface area contributed by atoms with Gasteiger partial charge in [0.2, 0.25) is 0 Å². The fourth-order valence-corrected chi connectivity index (χ4v) is 2.34. The summed E-state index contributed by atoms with van der Waals surface area (Å²) in [6, 6.07) is 1.49. The van der Waals surface area contributed by atoms with E-state index in [0.29, 0.717) is 11.6 Å². The van der Waals surface area contributed by atoms with Crippen molar-refractivity contribution in [2.45, 2.75) is 26.2 Å². The van der Waals surface area contributed by atoms with E-state index in [1.165, 1.54) is 6.07 Å². The average molecular weight is 251 g/mol. The third-order valence-corrected chi connectivity index (χ3v) is 3.25. The Hall–Kier alpha value is -1.85. The number of carboxylic acid groups (broad SMARTS) is 1. The van der Waals surface area contributed by atoms with Gasteiger partial charge in [-0.1, -0.05) is 0 Å². The van der Waals surface area contributed by atoms with Gasteiger partial charge in [0.05, 0.1) is 0 Å². The number of aromatic amines is 1. The number of aliphatic carboxylic acids is 1. The second-order valence-corrected chi connectivity index (χ2v) is 4.72. The van der Waals surface area contributed by atoms with Crippen LogP contribution in [0.4, 0.5) is 5.82 Å². The van der Waals surface area contributed by atoms with Gasteiger partial charge in [-0.3, -0.25) is 9.59 Å². The number of hydrogen-bond acceptors (Lipinski definition) is 4. The number of carboxylic acids is 1. The predicted octanol–water partition coefficient (Wildman–Crippen LogP) is 0.769. The molecule has 0 unspecified atom stereocenters. The number of nitrogens with one attached hydrogen (secondary N) is 1. The average Bonchev–Trinajstić information content (AvgIpc) is 2.27. The molecule has 1 aromatic rings. The Labute approximate surface area is 105 Å². The van der Waals surface area contributed by atoms with Crippen molar-refractivity contribution in [1.82, 2.24) is 9.97 Å². The van der Waals surface area contributed by atoms with Crippen molar-refractivity contribution < 1.29 is 9.90 Å². The number of carbonyl (C=O) groups is 1. The number of piperidine rings is 1. The van der Waals surface area contributed by atoms with Crippen molar-refractivity contribution in [2.75, 3.05) is 18.0 Å². The number of aromatic nitrogens is 2. The van der Waals surface area contributed by atoms with Gasteiger partial charge in [0, 0.05) is 25.6 Å². The van der Waals surface area contributed by atoms with Gasteiger partial charge in [-0.15, -0.1) is 0 Å². The van der Waals surface area contributed by atoms with Gasteiger partial charge in [0.1, 0.15) is 11.6 Å². The molecule has 1 aliphatic heterocycles. The standard InChI is InChI=1S/C12H17N3O3/c1-8-13-10(7-11(16)14-8)15-4-2-9(3-5-15)6-12(17)18/h7,9H,2-6H2,1H3,(H,17,18)(H,13,14,16). The number of nitrogens with zero attached hydrogens (tertiary/aromatic N) is 2. The van der Waals surface area contributed by atoms with Gasteiger partial charge in [-0.25, -0.2) is 4.98 Å². The van der Waals surface area contributed by atoms with E-state index in [0.717, 1.165) is 25.9 Å². The van der Waals surface area contributed by atoms with Gasteiger partial charge in [0.25, 0.3) is 5.56 Å². The zero-order valence-corrected chi connectivity index (χ0v) is 10.3. The molecule has 2 N–H and O–H groups in total. The molecular weight excluding hydrogens is 234 g/mol. The summed E-state index contributed by atoms with van der Waals surface area (Å²) in [6.45, 7) is 3.27. The molecule has 0 saturated carbocycles. The minimum atomic E-state index is -0.737. The van der Waals surface area contributed by atoms with Crippen molar-refractivity contribution in [3.63, 3.8) is 0 Å². The normalized spacial score (nSPS) is 16.8.